The first-order chi connectivity index (χ1) is 8.24. The Morgan fingerprint density at radius 3 is 3.00 bits per heavy atom. The molecule has 3 rings (SSSR count). The molecule has 17 heavy (non-hydrogen) atoms. The summed E-state index contributed by atoms with van der Waals surface area (Å²) >= 11 is 11.8. The lowest BCUT2D eigenvalue weighted by Crippen LogP contribution is -2.33. The molecule has 2 heterocycles. The van der Waals surface area contributed by atoms with Gasteiger partial charge in [0.1, 0.15) is 5.15 Å². The predicted molar refractivity (Wildman–Crippen MR) is 71.3 cm³/mol. The summed E-state index contributed by atoms with van der Waals surface area (Å²) in [6.45, 7) is 2.24. The van der Waals surface area contributed by atoms with Gasteiger partial charge < -0.3 is 5.32 Å². The van der Waals surface area contributed by atoms with Crippen LogP contribution in [0.4, 0.5) is 0 Å². The number of rotatable bonds is 1. The molecule has 1 aliphatic heterocycles. The predicted octanol–water partition coefficient (Wildman–Crippen LogP) is 3.40. The molecular formula is C13H14Cl2N2. The summed E-state index contributed by atoms with van der Waals surface area (Å²) < 4.78 is 0. The Hall–Kier alpha value is -0.570. The molecule has 0 radical (unpaired) electrons. The number of aromatic nitrogens is 1. The Morgan fingerprint density at radius 1 is 1.35 bits per heavy atom. The van der Waals surface area contributed by atoms with Gasteiger partial charge in [0.2, 0.25) is 0 Å². The minimum absolute atomic E-state index is 0.382. The molecule has 2 nitrogen and oxygen atoms in total. The zero-order chi connectivity index (χ0) is 11.8. The van der Waals surface area contributed by atoms with Crippen molar-refractivity contribution in [3.05, 3.63) is 34.1 Å². The van der Waals surface area contributed by atoms with E-state index in [0.717, 1.165) is 31.0 Å². The van der Waals surface area contributed by atoms with Gasteiger partial charge in [-0.15, -0.1) is 0 Å². The molecule has 4 heteroatoms. The highest BCUT2D eigenvalue weighted by Crippen LogP contribution is 2.39. The smallest absolute Gasteiger partial charge is 0.147 e. The SMILES string of the molecule is Clc1cc(C2=C[C@@H]3CNCC[C@@H]3C2)cnc1Cl. The Labute approximate surface area is 111 Å². The van der Waals surface area contributed by atoms with Crippen molar-refractivity contribution in [2.45, 2.75) is 12.8 Å². The summed E-state index contributed by atoms with van der Waals surface area (Å²) in [6, 6.07) is 1.92. The second-order valence-corrected chi connectivity index (χ2v) is 5.57. The summed E-state index contributed by atoms with van der Waals surface area (Å²) in [5, 5.41) is 4.36. The van der Waals surface area contributed by atoms with Crippen molar-refractivity contribution >= 4 is 28.8 Å². The number of halogens is 2. The number of allylic oxidation sites excluding steroid dienone is 1. The van der Waals surface area contributed by atoms with Crippen molar-refractivity contribution in [1.82, 2.24) is 10.3 Å². The zero-order valence-corrected chi connectivity index (χ0v) is 10.9. The maximum absolute atomic E-state index is 6.01. The van der Waals surface area contributed by atoms with Gasteiger partial charge in [0, 0.05) is 12.7 Å². The summed E-state index contributed by atoms with van der Waals surface area (Å²) in [5.41, 5.74) is 2.49. The van der Waals surface area contributed by atoms with Crippen LogP contribution in [0.15, 0.2) is 18.3 Å². The second-order valence-electron chi connectivity index (χ2n) is 4.81. The highest BCUT2D eigenvalue weighted by Gasteiger charge is 2.30. The molecule has 1 aromatic heterocycles. The van der Waals surface area contributed by atoms with Crippen LogP contribution >= 0.6 is 23.2 Å². The summed E-state index contributed by atoms with van der Waals surface area (Å²) in [7, 11) is 0. The first-order valence-electron chi connectivity index (χ1n) is 5.97. The van der Waals surface area contributed by atoms with Crippen molar-refractivity contribution in [2.24, 2.45) is 11.8 Å². The van der Waals surface area contributed by atoms with E-state index >= 15 is 0 Å². The maximum Gasteiger partial charge on any atom is 0.147 e. The summed E-state index contributed by atoms with van der Waals surface area (Å²) in [4.78, 5) is 4.12. The number of piperidine rings is 1. The highest BCUT2D eigenvalue weighted by molar-refractivity contribution is 6.41. The van der Waals surface area contributed by atoms with Crippen LogP contribution in [0.1, 0.15) is 18.4 Å². The average molecular weight is 269 g/mol. The number of pyridine rings is 1. The van der Waals surface area contributed by atoms with E-state index in [1.165, 1.54) is 12.0 Å². The van der Waals surface area contributed by atoms with Gasteiger partial charge in [-0.25, -0.2) is 4.98 Å². The third kappa shape index (κ3) is 2.22. The number of fused-ring (bicyclic) bond motifs is 1. The van der Waals surface area contributed by atoms with E-state index in [9.17, 15) is 0 Å². The highest BCUT2D eigenvalue weighted by atomic mass is 35.5. The maximum atomic E-state index is 6.01. The number of nitrogens with one attached hydrogen (secondary N) is 1. The van der Waals surface area contributed by atoms with Gasteiger partial charge in [-0.3, -0.25) is 0 Å². The van der Waals surface area contributed by atoms with Crippen molar-refractivity contribution in [2.75, 3.05) is 13.1 Å². The van der Waals surface area contributed by atoms with E-state index in [-0.39, 0.29) is 0 Å². The Morgan fingerprint density at radius 2 is 2.24 bits per heavy atom. The van der Waals surface area contributed by atoms with Crippen molar-refractivity contribution in [3.63, 3.8) is 0 Å². The van der Waals surface area contributed by atoms with Crippen LogP contribution in [-0.4, -0.2) is 18.1 Å². The molecule has 2 aliphatic rings. The van der Waals surface area contributed by atoms with Gasteiger partial charge in [-0.05, 0) is 48.4 Å². The molecule has 0 bridgehead atoms. The van der Waals surface area contributed by atoms with E-state index in [1.807, 2.05) is 12.3 Å². The monoisotopic (exact) mass is 268 g/mol. The summed E-state index contributed by atoms with van der Waals surface area (Å²) in [5.74, 6) is 1.47. The van der Waals surface area contributed by atoms with Crippen LogP contribution in [-0.2, 0) is 0 Å². The number of hydrogen-bond acceptors (Lipinski definition) is 2. The molecule has 1 saturated heterocycles. The lowest BCUT2D eigenvalue weighted by atomic mass is 9.89. The van der Waals surface area contributed by atoms with Crippen LogP contribution in [0.3, 0.4) is 0 Å². The number of hydrogen-bond donors (Lipinski definition) is 1. The molecule has 90 valence electrons. The molecule has 0 amide bonds. The van der Waals surface area contributed by atoms with E-state index in [4.69, 9.17) is 23.2 Å². The first kappa shape index (κ1) is 11.5. The molecular weight excluding hydrogens is 255 g/mol. The van der Waals surface area contributed by atoms with Gasteiger partial charge in [0.25, 0.3) is 0 Å². The zero-order valence-electron chi connectivity index (χ0n) is 9.42. The molecule has 0 aromatic carbocycles. The van der Waals surface area contributed by atoms with E-state index in [0.29, 0.717) is 16.1 Å². The fraction of sp³-hybridized carbons (Fsp3) is 0.462. The topological polar surface area (TPSA) is 24.9 Å². The summed E-state index contributed by atoms with van der Waals surface area (Å²) in [6.07, 6.45) is 6.61. The first-order valence-corrected chi connectivity index (χ1v) is 6.72. The van der Waals surface area contributed by atoms with Crippen LogP contribution in [0.5, 0.6) is 0 Å². The van der Waals surface area contributed by atoms with Crippen molar-refractivity contribution in [3.8, 4) is 0 Å². The van der Waals surface area contributed by atoms with Gasteiger partial charge >= 0.3 is 0 Å². The van der Waals surface area contributed by atoms with Crippen LogP contribution in [0.25, 0.3) is 5.57 Å². The van der Waals surface area contributed by atoms with Gasteiger partial charge in [-0.1, -0.05) is 29.3 Å². The van der Waals surface area contributed by atoms with Gasteiger partial charge in [-0.2, -0.15) is 0 Å². The quantitative estimate of drug-likeness (QED) is 0.790. The lowest BCUT2D eigenvalue weighted by Gasteiger charge is -2.25. The Kier molecular flexibility index (Phi) is 3.12. The molecule has 0 saturated carbocycles. The lowest BCUT2D eigenvalue weighted by molar-refractivity contribution is 0.323. The van der Waals surface area contributed by atoms with Crippen LogP contribution in [0.2, 0.25) is 10.2 Å². The second kappa shape index (κ2) is 4.60. The largest absolute Gasteiger partial charge is 0.316 e. The fourth-order valence-corrected chi connectivity index (χ4v) is 3.07. The third-order valence-corrected chi connectivity index (χ3v) is 4.43. The molecule has 1 aromatic rings. The molecule has 0 unspecified atom stereocenters. The van der Waals surface area contributed by atoms with Crippen molar-refractivity contribution < 1.29 is 0 Å². The van der Waals surface area contributed by atoms with Gasteiger partial charge in [0.05, 0.1) is 5.02 Å². The Bertz CT molecular complexity index is 470. The van der Waals surface area contributed by atoms with Crippen LogP contribution < -0.4 is 5.32 Å². The van der Waals surface area contributed by atoms with E-state index in [1.54, 1.807) is 0 Å². The van der Waals surface area contributed by atoms with E-state index < -0.39 is 0 Å². The van der Waals surface area contributed by atoms with Crippen LogP contribution in [0, 0.1) is 11.8 Å². The standard InChI is InChI=1S/C13H14Cl2N2/c14-12-5-11(7-17-13(12)15)9-3-8-1-2-16-6-10(8)4-9/h4-5,7-8,10,16H,1-3,6H2/t8-,10-/m1/s1. The Balaban J connectivity index is 1.87. The molecule has 1 fully saturated rings. The molecule has 1 aliphatic carbocycles. The molecule has 1 N–H and O–H groups in total. The third-order valence-electron chi connectivity index (χ3n) is 3.74. The molecule has 0 spiro atoms. The van der Waals surface area contributed by atoms with Gasteiger partial charge in [0.15, 0.2) is 0 Å². The van der Waals surface area contributed by atoms with Crippen molar-refractivity contribution in [1.29, 1.82) is 0 Å². The molecule has 2 atom stereocenters. The average Bonchev–Trinajstić information content (AvgIpc) is 2.76. The minimum atomic E-state index is 0.382. The minimum Gasteiger partial charge on any atom is -0.316 e. The normalized spacial score (nSPS) is 27.8. The number of nitrogens with zero attached hydrogens (tertiary/aromatic N) is 1. The fourth-order valence-electron chi connectivity index (χ4n) is 2.81. The van der Waals surface area contributed by atoms with E-state index in [2.05, 4.69) is 16.4 Å².